The second-order valence-corrected chi connectivity index (χ2v) is 5.81. The summed E-state index contributed by atoms with van der Waals surface area (Å²) < 4.78 is 0. The molecule has 0 aliphatic heterocycles. The number of halogens is 2. The van der Waals surface area contributed by atoms with E-state index in [1.165, 1.54) is 5.56 Å². The predicted octanol–water partition coefficient (Wildman–Crippen LogP) is 5.80. The number of benzene rings is 2. The lowest BCUT2D eigenvalue weighted by Gasteiger charge is -2.24. The smallest absolute Gasteiger partial charge is 0.0536 e. The van der Waals surface area contributed by atoms with Gasteiger partial charge in [0.05, 0.1) is 6.04 Å². The summed E-state index contributed by atoms with van der Waals surface area (Å²) in [4.78, 5) is 0. The molecule has 0 aliphatic carbocycles. The van der Waals surface area contributed by atoms with Crippen LogP contribution in [0.3, 0.4) is 0 Å². The van der Waals surface area contributed by atoms with E-state index in [-0.39, 0.29) is 6.04 Å². The lowest BCUT2D eigenvalue weighted by molar-refractivity contribution is 0.546. The van der Waals surface area contributed by atoms with Gasteiger partial charge in [-0.05, 0) is 29.7 Å². The van der Waals surface area contributed by atoms with Crippen molar-refractivity contribution in [3.8, 4) is 0 Å². The monoisotopic (exact) mass is 293 g/mol. The first-order valence-corrected chi connectivity index (χ1v) is 7.09. The Morgan fingerprint density at radius 2 is 1.47 bits per heavy atom. The minimum atomic E-state index is 0.232. The highest BCUT2D eigenvalue weighted by molar-refractivity contribution is 6.35. The van der Waals surface area contributed by atoms with Crippen LogP contribution in [0.4, 0.5) is 5.69 Å². The molecule has 0 bridgehead atoms. The van der Waals surface area contributed by atoms with Gasteiger partial charge < -0.3 is 5.32 Å². The van der Waals surface area contributed by atoms with Crippen LogP contribution in [0.15, 0.2) is 48.5 Å². The molecule has 1 unspecified atom stereocenters. The van der Waals surface area contributed by atoms with Gasteiger partial charge in [0.1, 0.15) is 0 Å². The molecule has 2 rings (SSSR count). The molecule has 2 aromatic carbocycles. The highest BCUT2D eigenvalue weighted by Crippen LogP contribution is 2.29. The highest BCUT2D eigenvalue weighted by Gasteiger charge is 2.15. The third-order valence-electron chi connectivity index (χ3n) is 3.01. The first-order chi connectivity index (χ1) is 9.06. The lowest BCUT2D eigenvalue weighted by atomic mass is 9.96. The second kappa shape index (κ2) is 6.31. The maximum Gasteiger partial charge on any atom is 0.0536 e. The van der Waals surface area contributed by atoms with E-state index in [9.17, 15) is 0 Å². The summed E-state index contributed by atoms with van der Waals surface area (Å²) in [5.74, 6) is 0.458. The zero-order valence-electron chi connectivity index (χ0n) is 11.0. The molecule has 1 atom stereocenters. The molecule has 0 aromatic heterocycles. The maximum absolute atomic E-state index is 6.03. The van der Waals surface area contributed by atoms with Crippen molar-refractivity contribution in [3.63, 3.8) is 0 Å². The standard InChI is InChI=1S/C16H17Cl2N/c1-11(2)16(12-6-4-3-5-7-12)19-15-9-13(17)8-14(18)10-15/h3-11,16,19H,1-2H3. The maximum atomic E-state index is 6.03. The van der Waals surface area contributed by atoms with Crippen LogP contribution < -0.4 is 5.32 Å². The van der Waals surface area contributed by atoms with Gasteiger partial charge in [0.2, 0.25) is 0 Å². The molecule has 1 nitrogen and oxygen atoms in total. The molecular weight excluding hydrogens is 277 g/mol. The van der Waals surface area contributed by atoms with E-state index < -0.39 is 0 Å². The molecule has 19 heavy (non-hydrogen) atoms. The Hall–Kier alpha value is -1.18. The number of hydrogen-bond donors (Lipinski definition) is 1. The van der Waals surface area contributed by atoms with E-state index in [4.69, 9.17) is 23.2 Å². The Morgan fingerprint density at radius 1 is 0.895 bits per heavy atom. The number of rotatable bonds is 4. The van der Waals surface area contributed by atoms with Crippen LogP contribution in [0.5, 0.6) is 0 Å². The summed E-state index contributed by atoms with van der Waals surface area (Å²) in [6.07, 6.45) is 0. The third-order valence-corrected chi connectivity index (χ3v) is 3.45. The van der Waals surface area contributed by atoms with Crippen molar-refractivity contribution in [1.29, 1.82) is 0 Å². The Kier molecular flexibility index (Phi) is 4.73. The SMILES string of the molecule is CC(C)C(Nc1cc(Cl)cc(Cl)c1)c1ccccc1. The van der Waals surface area contributed by atoms with Crippen LogP contribution in [0.2, 0.25) is 10.0 Å². The number of nitrogens with one attached hydrogen (secondary N) is 1. The predicted molar refractivity (Wildman–Crippen MR) is 84.1 cm³/mol. The first kappa shape index (κ1) is 14.2. The molecular formula is C16H17Cl2N. The van der Waals surface area contributed by atoms with E-state index in [0.29, 0.717) is 16.0 Å². The molecule has 0 radical (unpaired) electrons. The van der Waals surface area contributed by atoms with E-state index in [1.54, 1.807) is 6.07 Å². The number of hydrogen-bond acceptors (Lipinski definition) is 1. The van der Waals surface area contributed by atoms with E-state index in [0.717, 1.165) is 5.69 Å². The minimum Gasteiger partial charge on any atom is -0.378 e. The summed E-state index contributed by atoms with van der Waals surface area (Å²) in [5, 5.41) is 4.80. The van der Waals surface area contributed by atoms with Gasteiger partial charge in [0.25, 0.3) is 0 Å². The summed E-state index contributed by atoms with van der Waals surface area (Å²) in [6.45, 7) is 4.38. The van der Waals surface area contributed by atoms with Gasteiger partial charge in [-0.1, -0.05) is 67.4 Å². The van der Waals surface area contributed by atoms with Gasteiger partial charge in [-0.15, -0.1) is 0 Å². The Morgan fingerprint density at radius 3 is 2.00 bits per heavy atom. The van der Waals surface area contributed by atoms with Crippen LogP contribution in [-0.2, 0) is 0 Å². The van der Waals surface area contributed by atoms with E-state index in [1.807, 2.05) is 18.2 Å². The average Bonchev–Trinajstić information content (AvgIpc) is 2.35. The Balaban J connectivity index is 2.27. The molecule has 0 saturated carbocycles. The third kappa shape index (κ3) is 3.89. The van der Waals surface area contributed by atoms with Crippen molar-refractivity contribution in [2.24, 2.45) is 5.92 Å². The van der Waals surface area contributed by atoms with Crippen LogP contribution in [-0.4, -0.2) is 0 Å². The second-order valence-electron chi connectivity index (χ2n) is 4.93. The molecule has 100 valence electrons. The molecule has 3 heteroatoms. The van der Waals surface area contributed by atoms with Gasteiger partial charge in [0, 0.05) is 15.7 Å². The van der Waals surface area contributed by atoms with Crippen LogP contribution >= 0.6 is 23.2 Å². The van der Waals surface area contributed by atoms with E-state index >= 15 is 0 Å². The normalized spacial score (nSPS) is 12.5. The van der Waals surface area contributed by atoms with Crippen LogP contribution in [0, 0.1) is 5.92 Å². The summed E-state index contributed by atoms with van der Waals surface area (Å²) in [5.41, 5.74) is 2.20. The van der Waals surface area contributed by atoms with Crippen LogP contribution in [0.25, 0.3) is 0 Å². The summed E-state index contributed by atoms with van der Waals surface area (Å²) in [7, 11) is 0. The van der Waals surface area contributed by atoms with Crippen molar-refractivity contribution in [2.45, 2.75) is 19.9 Å². The van der Waals surface area contributed by atoms with Gasteiger partial charge >= 0.3 is 0 Å². The highest BCUT2D eigenvalue weighted by atomic mass is 35.5. The van der Waals surface area contributed by atoms with Crippen molar-refractivity contribution in [3.05, 3.63) is 64.1 Å². The summed E-state index contributed by atoms with van der Waals surface area (Å²) in [6, 6.07) is 16.1. The number of anilines is 1. The van der Waals surface area contributed by atoms with Gasteiger partial charge in [-0.25, -0.2) is 0 Å². The fourth-order valence-corrected chi connectivity index (χ4v) is 2.64. The van der Waals surface area contributed by atoms with Crippen molar-refractivity contribution in [2.75, 3.05) is 5.32 Å². The van der Waals surface area contributed by atoms with Gasteiger partial charge in [-0.3, -0.25) is 0 Å². The lowest BCUT2D eigenvalue weighted by Crippen LogP contribution is -2.16. The van der Waals surface area contributed by atoms with Crippen molar-refractivity contribution < 1.29 is 0 Å². The molecule has 0 heterocycles. The molecule has 1 N–H and O–H groups in total. The minimum absolute atomic E-state index is 0.232. The zero-order valence-corrected chi connectivity index (χ0v) is 12.5. The average molecular weight is 294 g/mol. The fourth-order valence-electron chi connectivity index (χ4n) is 2.11. The molecule has 0 fully saturated rings. The fraction of sp³-hybridized carbons (Fsp3) is 0.250. The quantitative estimate of drug-likeness (QED) is 0.751. The van der Waals surface area contributed by atoms with Crippen LogP contribution in [0.1, 0.15) is 25.5 Å². The molecule has 0 amide bonds. The zero-order chi connectivity index (χ0) is 13.8. The Bertz CT molecular complexity index is 517. The molecule has 0 spiro atoms. The van der Waals surface area contributed by atoms with Crippen molar-refractivity contribution in [1.82, 2.24) is 0 Å². The van der Waals surface area contributed by atoms with Crippen molar-refractivity contribution >= 4 is 28.9 Å². The molecule has 0 aliphatic rings. The Labute approximate surface area is 124 Å². The molecule has 2 aromatic rings. The van der Waals surface area contributed by atoms with E-state index in [2.05, 4.69) is 43.4 Å². The summed E-state index contributed by atoms with van der Waals surface area (Å²) >= 11 is 12.1. The molecule has 0 saturated heterocycles. The first-order valence-electron chi connectivity index (χ1n) is 6.34. The largest absolute Gasteiger partial charge is 0.378 e. The topological polar surface area (TPSA) is 12.0 Å². The van der Waals surface area contributed by atoms with Gasteiger partial charge in [0.15, 0.2) is 0 Å². The van der Waals surface area contributed by atoms with Gasteiger partial charge in [-0.2, -0.15) is 0 Å².